The largest absolute Gasteiger partial charge is 0.352 e. The second-order valence-corrected chi connectivity index (χ2v) is 12.5. The molecule has 212 valence electrons. The third kappa shape index (κ3) is 7.10. The maximum Gasteiger partial charge on any atom is 0.264 e. The summed E-state index contributed by atoms with van der Waals surface area (Å²) in [4.78, 5) is 29.3. The van der Waals surface area contributed by atoms with E-state index < -0.39 is 28.5 Å². The Balaban J connectivity index is 1.72. The van der Waals surface area contributed by atoms with Gasteiger partial charge in [0, 0.05) is 12.6 Å². The van der Waals surface area contributed by atoms with Crippen LogP contribution in [-0.4, -0.2) is 43.8 Å². The molecule has 2 amide bonds. The molecule has 40 heavy (non-hydrogen) atoms. The van der Waals surface area contributed by atoms with Gasteiger partial charge in [0.15, 0.2) is 0 Å². The first kappa shape index (κ1) is 29.3. The van der Waals surface area contributed by atoms with Gasteiger partial charge in [-0.3, -0.25) is 13.9 Å². The highest BCUT2D eigenvalue weighted by molar-refractivity contribution is 7.92. The van der Waals surface area contributed by atoms with Crippen molar-refractivity contribution in [2.45, 2.75) is 76.4 Å². The van der Waals surface area contributed by atoms with Crippen molar-refractivity contribution in [1.82, 2.24) is 10.2 Å². The van der Waals surface area contributed by atoms with Gasteiger partial charge < -0.3 is 10.2 Å². The van der Waals surface area contributed by atoms with Gasteiger partial charge in [0.1, 0.15) is 12.6 Å². The van der Waals surface area contributed by atoms with E-state index in [1.165, 1.54) is 21.3 Å². The lowest BCUT2D eigenvalue weighted by atomic mass is 10.1. The van der Waals surface area contributed by atoms with Gasteiger partial charge in [-0.2, -0.15) is 0 Å². The Labute approximate surface area is 238 Å². The quantitative estimate of drug-likeness (QED) is 0.341. The van der Waals surface area contributed by atoms with Crippen molar-refractivity contribution in [2.75, 3.05) is 10.8 Å². The third-order valence-electron chi connectivity index (χ3n) is 7.39. The van der Waals surface area contributed by atoms with E-state index in [0.717, 1.165) is 42.4 Å². The van der Waals surface area contributed by atoms with Crippen LogP contribution < -0.4 is 9.62 Å². The number of anilines is 1. The van der Waals surface area contributed by atoms with E-state index in [1.54, 1.807) is 30.3 Å². The zero-order chi connectivity index (χ0) is 28.7. The summed E-state index contributed by atoms with van der Waals surface area (Å²) in [6.45, 7) is 5.44. The fourth-order valence-electron chi connectivity index (χ4n) is 5.41. The molecule has 0 bridgehead atoms. The monoisotopic (exact) mass is 561 g/mol. The summed E-state index contributed by atoms with van der Waals surface area (Å²) in [6, 6.07) is 22.5. The van der Waals surface area contributed by atoms with Crippen LogP contribution in [0.25, 0.3) is 0 Å². The van der Waals surface area contributed by atoms with Crippen molar-refractivity contribution in [2.24, 2.45) is 0 Å². The van der Waals surface area contributed by atoms with E-state index in [1.807, 2.05) is 57.2 Å². The number of nitrogens with zero attached hydrogens (tertiary/aromatic N) is 2. The molecule has 1 atom stereocenters. The van der Waals surface area contributed by atoms with E-state index in [-0.39, 0.29) is 23.4 Å². The standard InChI is InChI=1S/C32H39N3O4S/c1-4-30(32(37)33-27-15-11-12-16-27)34(22-26-13-7-5-8-14-26)31(36)23-35(28-20-24(2)19-25(3)21-28)40(38,39)29-17-9-6-10-18-29/h5-10,13-14,17-21,27,30H,4,11-12,15-16,22-23H2,1-3H3,(H,33,37)/t30-/m1/s1. The molecule has 0 aliphatic heterocycles. The number of benzene rings is 3. The van der Waals surface area contributed by atoms with E-state index in [0.29, 0.717) is 12.1 Å². The first-order chi connectivity index (χ1) is 19.2. The Morgan fingerprint density at radius 3 is 2.05 bits per heavy atom. The molecular formula is C32H39N3O4S. The summed E-state index contributed by atoms with van der Waals surface area (Å²) in [5.41, 5.74) is 3.06. The number of carbonyl (C=O) groups excluding carboxylic acids is 2. The molecular weight excluding hydrogens is 522 g/mol. The second kappa shape index (κ2) is 13.1. The van der Waals surface area contributed by atoms with Crippen LogP contribution >= 0.6 is 0 Å². The number of sulfonamides is 1. The summed E-state index contributed by atoms with van der Waals surface area (Å²) < 4.78 is 29.1. The minimum Gasteiger partial charge on any atom is -0.352 e. The van der Waals surface area contributed by atoms with Crippen LogP contribution in [-0.2, 0) is 26.2 Å². The third-order valence-corrected chi connectivity index (χ3v) is 9.18. The average Bonchev–Trinajstić information content (AvgIpc) is 3.45. The lowest BCUT2D eigenvalue weighted by molar-refractivity contribution is -0.140. The number of nitrogens with one attached hydrogen (secondary N) is 1. The summed E-state index contributed by atoms with van der Waals surface area (Å²) in [5, 5.41) is 3.14. The van der Waals surface area contributed by atoms with Crippen LogP contribution in [0.15, 0.2) is 83.8 Å². The van der Waals surface area contributed by atoms with Gasteiger partial charge in [-0.15, -0.1) is 0 Å². The topological polar surface area (TPSA) is 86.8 Å². The van der Waals surface area contributed by atoms with Crippen LogP contribution in [0.2, 0.25) is 0 Å². The molecule has 1 fully saturated rings. The minimum atomic E-state index is -4.08. The Morgan fingerprint density at radius 1 is 0.900 bits per heavy atom. The molecule has 0 unspecified atom stereocenters. The van der Waals surface area contributed by atoms with E-state index in [4.69, 9.17) is 0 Å². The molecule has 1 saturated carbocycles. The van der Waals surface area contributed by atoms with Crippen LogP contribution in [0.4, 0.5) is 5.69 Å². The summed E-state index contributed by atoms with van der Waals surface area (Å²) in [7, 11) is -4.08. The maximum atomic E-state index is 14.2. The highest BCUT2D eigenvalue weighted by Crippen LogP contribution is 2.27. The molecule has 0 saturated heterocycles. The molecule has 3 aromatic rings. The van der Waals surface area contributed by atoms with E-state index in [9.17, 15) is 18.0 Å². The zero-order valence-corrected chi connectivity index (χ0v) is 24.4. The molecule has 8 heteroatoms. The maximum absolute atomic E-state index is 14.2. The Bertz CT molecular complexity index is 1380. The Hall–Kier alpha value is -3.65. The number of carbonyl (C=O) groups is 2. The second-order valence-electron chi connectivity index (χ2n) is 10.6. The lowest BCUT2D eigenvalue weighted by Crippen LogP contribution is -2.53. The van der Waals surface area contributed by atoms with Crippen molar-refractivity contribution >= 4 is 27.5 Å². The molecule has 7 nitrogen and oxygen atoms in total. The number of amides is 2. The molecule has 0 heterocycles. The molecule has 3 aromatic carbocycles. The van der Waals surface area contributed by atoms with Crippen molar-refractivity contribution in [3.63, 3.8) is 0 Å². The molecule has 1 N–H and O–H groups in total. The Morgan fingerprint density at radius 2 is 1.48 bits per heavy atom. The van der Waals surface area contributed by atoms with Crippen LogP contribution in [0.3, 0.4) is 0 Å². The molecule has 0 radical (unpaired) electrons. The summed E-state index contributed by atoms with van der Waals surface area (Å²) in [5.74, 6) is -0.626. The predicted molar refractivity (Wildman–Crippen MR) is 158 cm³/mol. The normalized spacial score (nSPS) is 14.5. The molecule has 1 aliphatic carbocycles. The fraction of sp³-hybridized carbons (Fsp3) is 0.375. The van der Waals surface area contributed by atoms with Gasteiger partial charge in [0.25, 0.3) is 10.0 Å². The molecule has 1 aliphatic rings. The highest BCUT2D eigenvalue weighted by atomic mass is 32.2. The number of aryl methyl sites for hydroxylation is 2. The van der Waals surface area contributed by atoms with Crippen LogP contribution in [0, 0.1) is 13.8 Å². The van der Waals surface area contributed by atoms with Gasteiger partial charge in [0.2, 0.25) is 11.8 Å². The lowest BCUT2D eigenvalue weighted by Gasteiger charge is -2.34. The summed E-state index contributed by atoms with van der Waals surface area (Å²) in [6.07, 6.45) is 4.44. The van der Waals surface area contributed by atoms with Gasteiger partial charge in [-0.1, -0.05) is 74.4 Å². The van der Waals surface area contributed by atoms with Gasteiger partial charge in [0.05, 0.1) is 10.6 Å². The van der Waals surface area contributed by atoms with Crippen molar-refractivity contribution in [3.05, 3.63) is 95.6 Å². The molecule has 4 rings (SSSR count). The first-order valence-corrected chi connectivity index (χ1v) is 15.4. The molecule has 0 spiro atoms. The number of hydrogen-bond donors (Lipinski definition) is 1. The fourth-order valence-corrected chi connectivity index (χ4v) is 6.83. The van der Waals surface area contributed by atoms with E-state index >= 15 is 0 Å². The summed E-state index contributed by atoms with van der Waals surface area (Å²) >= 11 is 0. The minimum absolute atomic E-state index is 0.0996. The molecule has 0 aromatic heterocycles. The number of hydrogen-bond acceptors (Lipinski definition) is 4. The zero-order valence-electron chi connectivity index (χ0n) is 23.5. The number of rotatable bonds is 11. The first-order valence-electron chi connectivity index (χ1n) is 14.0. The highest BCUT2D eigenvalue weighted by Gasteiger charge is 2.34. The van der Waals surface area contributed by atoms with Gasteiger partial charge >= 0.3 is 0 Å². The van der Waals surface area contributed by atoms with Gasteiger partial charge in [-0.25, -0.2) is 8.42 Å². The van der Waals surface area contributed by atoms with Crippen molar-refractivity contribution < 1.29 is 18.0 Å². The van der Waals surface area contributed by atoms with Crippen molar-refractivity contribution in [1.29, 1.82) is 0 Å². The van der Waals surface area contributed by atoms with Crippen LogP contribution in [0.5, 0.6) is 0 Å². The SMILES string of the molecule is CC[C@H](C(=O)NC1CCCC1)N(Cc1ccccc1)C(=O)CN(c1cc(C)cc(C)c1)S(=O)(=O)c1ccccc1. The smallest absolute Gasteiger partial charge is 0.264 e. The van der Waals surface area contributed by atoms with Crippen LogP contribution in [0.1, 0.15) is 55.7 Å². The van der Waals surface area contributed by atoms with E-state index in [2.05, 4.69) is 5.32 Å². The predicted octanol–water partition coefficient (Wildman–Crippen LogP) is 5.36. The van der Waals surface area contributed by atoms with Crippen molar-refractivity contribution in [3.8, 4) is 0 Å². The average molecular weight is 562 g/mol. The Kier molecular flexibility index (Phi) is 9.63. The van der Waals surface area contributed by atoms with Gasteiger partial charge in [-0.05, 0) is 74.1 Å².